The number of benzene rings is 1. The van der Waals surface area contributed by atoms with Crippen LogP contribution in [0.15, 0.2) is 18.2 Å². The Hall–Kier alpha value is -0.970. The Bertz CT molecular complexity index is 509. The summed E-state index contributed by atoms with van der Waals surface area (Å²) in [4.78, 5) is 12.4. The highest BCUT2D eigenvalue weighted by Gasteiger charge is 2.27. The molecule has 3 N–H and O–H groups in total. The van der Waals surface area contributed by atoms with Crippen LogP contribution in [0, 0.1) is 11.8 Å². The first-order chi connectivity index (χ1) is 9.99. The Balaban J connectivity index is 0.00000242. The molecule has 1 amide bonds. The SMILES string of the molecule is CC(C)CC(CN)NC(=O)C1COc2ccc(Cl)cc2C1.Cl. The lowest BCUT2D eigenvalue weighted by Crippen LogP contribution is -2.46. The zero-order valence-electron chi connectivity index (χ0n) is 13.0. The molecule has 1 aromatic carbocycles. The molecule has 22 heavy (non-hydrogen) atoms. The third-order valence-electron chi connectivity index (χ3n) is 3.69. The molecule has 2 atom stereocenters. The third-order valence-corrected chi connectivity index (χ3v) is 3.92. The smallest absolute Gasteiger partial charge is 0.227 e. The minimum Gasteiger partial charge on any atom is -0.492 e. The van der Waals surface area contributed by atoms with Crippen molar-refractivity contribution >= 4 is 29.9 Å². The molecule has 4 nitrogen and oxygen atoms in total. The second-order valence-electron chi connectivity index (χ2n) is 6.03. The summed E-state index contributed by atoms with van der Waals surface area (Å²) in [6.45, 7) is 5.10. The number of hydrogen-bond donors (Lipinski definition) is 2. The largest absolute Gasteiger partial charge is 0.492 e. The number of rotatable bonds is 5. The van der Waals surface area contributed by atoms with Gasteiger partial charge in [-0.3, -0.25) is 4.79 Å². The van der Waals surface area contributed by atoms with Crippen LogP contribution < -0.4 is 15.8 Å². The fourth-order valence-electron chi connectivity index (χ4n) is 2.63. The average molecular weight is 347 g/mol. The molecule has 1 aliphatic rings. The van der Waals surface area contributed by atoms with Gasteiger partial charge in [-0.15, -0.1) is 12.4 Å². The van der Waals surface area contributed by atoms with Crippen molar-refractivity contribution in [3.8, 4) is 5.75 Å². The van der Waals surface area contributed by atoms with Gasteiger partial charge >= 0.3 is 0 Å². The summed E-state index contributed by atoms with van der Waals surface area (Å²) in [6, 6.07) is 5.55. The maximum atomic E-state index is 12.4. The molecule has 0 aromatic heterocycles. The predicted molar refractivity (Wildman–Crippen MR) is 91.8 cm³/mol. The molecule has 0 radical (unpaired) electrons. The zero-order chi connectivity index (χ0) is 15.4. The predicted octanol–water partition coefficient (Wildman–Crippen LogP) is 2.80. The van der Waals surface area contributed by atoms with E-state index in [1.165, 1.54) is 0 Å². The van der Waals surface area contributed by atoms with E-state index in [2.05, 4.69) is 19.2 Å². The standard InChI is InChI=1S/C16H23ClN2O2.ClH/c1-10(2)5-14(8-18)19-16(20)12-6-11-7-13(17)3-4-15(11)21-9-12;/h3-4,7,10,12,14H,5-6,8-9,18H2,1-2H3,(H,19,20);1H. The number of nitrogens with one attached hydrogen (secondary N) is 1. The molecule has 2 unspecified atom stereocenters. The van der Waals surface area contributed by atoms with E-state index in [1.807, 2.05) is 12.1 Å². The monoisotopic (exact) mass is 346 g/mol. The van der Waals surface area contributed by atoms with Crippen molar-refractivity contribution in [1.29, 1.82) is 0 Å². The van der Waals surface area contributed by atoms with Gasteiger partial charge in [-0.2, -0.15) is 0 Å². The molecule has 1 aliphatic heterocycles. The summed E-state index contributed by atoms with van der Waals surface area (Å²) in [6.07, 6.45) is 1.54. The van der Waals surface area contributed by atoms with Crippen LogP contribution in [0.3, 0.4) is 0 Å². The Morgan fingerprint density at radius 2 is 2.23 bits per heavy atom. The first-order valence-corrected chi connectivity index (χ1v) is 7.79. The lowest BCUT2D eigenvalue weighted by atomic mass is 9.95. The summed E-state index contributed by atoms with van der Waals surface area (Å²) in [5.41, 5.74) is 6.72. The molecule has 1 heterocycles. The number of halogens is 2. The Morgan fingerprint density at radius 3 is 2.86 bits per heavy atom. The molecule has 0 saturated carbocycles. The second kappa shape index (κ2) is 8.61. The van der Waals surface area contributed by atoms with Crippen LogP contribution in [0.2, 0.25) is 5.02 Å². The number of ether oxygens (including phenoxy) is 1. The van der Waals surface area contributed by atoms with Crippen molar-refractivity contribution in [3.63, 3.8) is 0 Å². The summed E-state index contributed by atoms with van der Waals surface area (Å²) >= 11 is 6.00. The summed E-state index contributed by atoms with van der Waals surface area (Å²) in [7, 11) is 0. The van der Waals surface area contributed by atoms with Gasteiger partial charge in [-0.05, 0) is 42.5 Å². The van der Waals surface area contributed by atoms with Crippen molar-refractivity contribution in [2.45, 2.75) is 32.7 Å². The van der Waals surface area contributed by atoms with Crippen molar-refractivity contribution in [1.82, 2.24) is 5.32 Å². The highest BCUT2D eigenvalue weighted by Crippen LogP contribution is 2.29. The molecule has 6 heteroatoms. The maximum absolute atomic E-state index is 12.4. The molecule has 0 aliphatic carbocycles. The molecule has 0 saturated heterocycles. The molecule has 0 bridgehead atoms. The molecule has 2 rings (SSSR count). The normalized spacial score (nSPS) is 18.0. The molecular formula is C16H24Cl2N2O2. The highest BCUT2D eigenvalue weighted by atomic mass is 35.5. The summed E-state index contributed by atoms with van der Waals surface area (Å²) < 4.78 is 5.66. The summed E-state index contributed by atoms with van der Waals surface area (Å²) in [5.74, 6) is 1.15. The number of hydrogen-bond acceptors (Lipinski definition) is 3. The van der Waals surface area contributed by atoms with Gasteiger partial charge in [0.25, 0.3) is 0 Å². The van der Waals surface area contributed by atoms with Crippen LogP contribution in [-0.2, 0) is 11.2 Å². The van der Waals surface area contributed by atoms with Gasteiger partial charge in [0.05, 0.1) is 5.92 Å². The number of amides is 1. The number of nitrogens with two attached hydrogens (primary N) is 1. The molecule has 1 aromatic rings. The molecule has 124 valence electrons. The van der Waals surface area contributed by atoms with Gasteiger partial charge in [0.1, 0.15) is 12.4 Å². The second-order valence-corrected chi connectivity index (χ2v) is 6.47. The number of carbonyl (C=O) groups excluding carboxylic acids is 1. The summed E-state index contributed by atoms with van der Waals surface area (Å²) in [5, 5.41) is 3.70. The Morgan fingerprint density at radius 1 is 1.50 bits per heavy atom. The van der Waals surface area contributed by atoms with Crippen molar-refractivity contribution in [2.75, 3.05) is 13.2 Å². The Kier molecular flexibility index (Phi) is 7.46. The van der Waals surface area contributed by atoms with E-state index in [0.717, 1.165) is 17.7 Å². The quantitative estimate of drug-likeness (QED) is 0.861. The van der Waals surface area contributed by atoms with E-state index in [1.54, 1.807) is 6.07 Å². The van der Waals surface area contributed by atoms with Gasteiger partial charge in [-0.1, -0.05) is 25.4 Å². The first kappa shape index (κ1) is 19.1. The van der Waals surface area contributed by atoms with Crippen molar-refractivity contribution in [2.24, 2.45) is 17.6 Å². The average Bonchev–Trinajstić information content (AvgIpc) is 2.45. The van der Waals surface area contributed by atoms with Gasteiger partial charge < -0.3 is 15.8 Å². The lowest BCUT2D eigenvalue weighted by molar-refractivity contribution is -0.127. The van der Waals surface area contributed by atoms with Crippen LogP contribution in [0.25, 0.3) is 0 Å². The van der Waals surface area contributed by atoms with E-state index < -0.39 is 0 Å². The molecule has 0 fully saturated rings. The number of carbonyl (C=O) groups is 1. The van der Waals surface area contributed by atoms with Crippen LogP contribution in [0.1, 0.15) is 25.8 Å². The molecule has 0 spiro atoms. The minimum atomic E-state index is -0.183. The van der Waals surface area contributed by atoms with Gasteiger partial charge in [0.15, 0.2) is 0 Å². The fraction of sp³-hybridized carbons (Fsp3) is 0.562. The first-order valence-electron chi connectivity index (χ1n) is 7.41. The van der Waals surface area contributed by atoms with E-state index in [-0.39, 0.29) is 30.3 Å². The van der Waals surface area contributed by atoms with Gasteiger partial charge in [0, 0.05) is 17.6 Å². The van der Waals surface area contributed by atoms with Gasteiger partial charge in [0.2, 0.25) is 5.91 Å². The Labute approximate surface area is 143 Å². The highest BCUT2D eigenvalue weighted by molar-refractivity contribution is 6.30. The third kappa shape index (κ3) is 5.04. The fourth-order valence-corrected chi connectivity index (χ4v) is 2.83. The van der Waals surface area contributed by atoms with Crippen LogP contribution in [0.4, 0.5) is 0 Å². The van der Waals surface area contributed by atoms with E-state index in [9.17, 15) is 4.79 Å². The van der Waals surface area contributed by atoms with E-state index >= 15 is 0 Å². The van der Waals surface area contributed by atoms with Crippen molar-refractivity contribution < 1.29 is 9.53 Å². The van der Waals surface area contributed by atoms with Gasteiger partial charge in [-0.25, -0.2) is 0 Å². The van der Waals surface area contributed by atoms with E-state index in [4.69, 9.17) is 22.1 Å². The molecular weight excluding hydrogens is 323 g/mol. The lowest BCUT2D eigenvalue weighted by Gasteiger charge is -2.27. The number of fused-ring (bicyclic) bond motifs is 1. The zero-order valence-corrected chi connectivity index (χ0v) is 14.5. The topological polar surface area (TPSA) is 64.3 Å². The van der Waals surface area contributed by atoms with E-state index in [0.29, 0.717) is 30.5 Å². The van der Waals surface area contributed by atoms with Crippen LogP contribution in [0.5, 0.6) is 5.75 Å². The maximum Gasteiger partial charge on any atom is 0.227 e. The van der Waals surface area contributed by atoms with Crippen molar-refractivity contribution in [3.05, 3.63) is 28.8 Å². The minimum absolute atomic E-state index is 0. The van der Waals surface area contributed by atoms with Crippen LogP contribution in [-0.4, -0.2) is 25.1 Å². The van der Waals surface area contributed by atoms with Crippen LogP contribution >= 0.6 is 24.0 Å².